The molecule has 174 valence electrons. The maximum atomic E-state index is 13.5. The molecular weight excluding hydrogens is 386 g/mol. The van der Waals surface area contributed by atoms with E-state index >= 15 is 0 Å². The molecule has 8 heteroatoms. The van der Waals surface area contributed by atoms with Crippen molar-refractivity contribution in [3.63, 3.8) is 0 Å². The average Bonchev–Trinajstić information content (AvgIpc) is 2.71. The zero-order valence-electron chi connectivity index (χ0n) is 19.8. The number of hydrogen-bond acceptors (Lipinski definition) is 5. The Morgan fingerprint density at radius 2 is 1.80 bits per heavy atom. The number of primary amides is 1. The van der Waals surface area contributed by atoms with Crippen LogP contribution in [0.2, 0.25) is 0 Å². The molecule has 1 saturated heterocycles. The minimum absolute atomic E-state index is 0.109. The van der Waals surface area contributed by atoms with Crippen molar-refractivity contribution in [3.8, 4) is 0 Å². The van der Waals surface area contributed by atoms with Crippen LogP contribution in [0.3, 0.4) is 0 Å². The van der Waals surface area contributed by atoms with E-state index in [1.807, 2.05) is 48.5 Å². The van der Waals surface area contributed by atoms with Crippen molar-refractivity contribution in [2.24, 2.45) is 11.1 Å². The van der Waals surface area contributed by atoms with E-state index in [1.54, 1.807) is 4.90 Å². The van der Waals surface area contributed by atoms with Gasteiger partial charge in [0.1, 0.15) is 5.60 Å². The summed E-state index contributed by atoms with van der Waals surface area (Å²) in [6.07, 6.45) is 2.92. The Balaban J connectivity index is 2.94. The minimum atomic E-state index is -1.28. The van der Waals surface area contributed by atoms with Gasteiger partial charge >= 0.3 is 12.2 Å². The van der Waals surface area contributed by atoms with E-state index in [4.69, 9.17) is 15.2 Å². The predicted molar refractivity (Wildman–Crippen MR) is 116 cm³/mol. The summed E-state index contributed by atoms with van der Waals surface area (Å²) in [7, 11) is 0. The van der Waals surface area contributed by atoms with Gasteiger partial charge in [0.2, 0.25) is 0 Å². The van der Waals surface area contributed by atoms with E-state index in [0.717, 1.165) is 25.7 Å². The van der Waals surface area contributed by atoms with Gasteiger partial charge in [0.25, 0.3) is 5.91 Å². The number of alkyl carbamates (subject to hydrolysis) is 1. The molecule has 3 amide bonds. The van der Waals surface area contributed by atoms with Crippen LogP contribution in [0.5, 0.6) is 0 Å². The lowest BCUT2D eigenvalue weighted by molar-refractivity contribution is -0.163. The molecule has 0 aromatic heterocycles. The van der Waals surface area contributed by atoms with Gasteiger partial charge in [-0.3, -0.25) is 4.79 Å². The highest BCUT2D eigenvalue weighted by atomic mass is 16.6. The summed E-state index contributed by atoms with van der Waals surface area (Å²) in [5.74, 6) is -0.209. The topological polar surface area (TPSA) is 111 Å². The Morgan fingerprint density at radius 3 is 2.30 bits per heavy atom. The van der Waals surface area contributed by atoms with Crippen LogP contribution in [0, 0.1) is 5.41 Å². The lowest BCUT2D eigenvalue weighted by Crippen LogP contribution is -2.59. The highest BCUT2D eigenvalue weighted by Gasteiger charge is 2.54. The molecule has 0 saturated carbocycles. The summed E-state index contributed by atoms with van der Waals surface area (Å²) in [6, 6.07) is -0.109. The van der Waals surface area contributed by atoms with Crippen LogP contribution >= 0.6 is 0 Å². The maximum absolute atomic E-state index is 13.5. The zero-order chi connectivity index (χ0) is 23.2. The van der Waals surface area contributed by atoms with Gasteiger partial charge in [-0.15, -0.1) is 0 Å². The standard InChI is InChI=1S/C22H41N3O5/c1-8-11-16(24-19(28)30-21(5,6)7)12-15-25-14-10-9-13-22(17(25)26,20(2,3)4)29-18(23)27/h16H,8-15H2,1-7H3,(H2,23,27)(H,24,28)/t16?,22-/m1/s1. The van der Waals surface area contributed by atoms with E-state index < -0.39 is 28.8 Å². The third kappa shape index (κ3) is 7.36. The van der Waals surface area contributed by atoms with Crippen molar-refractivity contribution in [3.05, 3.63) is 0 Å². The first-order chi connectivity index (χ1) is 13.7. The number of carbonyl (C=O) groups excluding carboxylic acids is 3. The Hall–Kier alpha value is -1.99. The second-order valence-electron chi connectivity index (χ2n) is 10.2. The van der Waals surface area contributed by atoms with E-state index in [1.165, 1.54) is 0 Å². The molecule has 8 nitrogen and oxygen atoms in total. The fourth-order valence-corrected chi connectivity index (χ4v) is 3.89. The molecule has 2 atom stereocenters. The van der Waals surface area contributed by atoms with E-state index in [9.17, 15) is 14.4 Å². The van der Waals surface area contributed by atoms with E-state index in [2.05, 4.69) is 5.32 Å². The second kappa shape index (κ2) is 10.4. The molecule has 0 spiro atoms. The molecule has 1 fully saturated rings. The molecule has 1 unspecified atom stereocenters. The molecule has 30 heavy (non-hydrogen) atoms. The van der Waals surface area contributed by atoms with Crippen molar-refractivity contribution in [2.45, 2.75) is 104 Å². The van der Waals surface area contributed by atoms with Crippen molar-refractivity contribution in [1.29, 1.82) is 0 Å². The summed E-state index contributed by atoms with van der Waals surface area (Å²) in [5, 5.41) is 2.92. The van der Waals surface area contributed by atoms with Gasteiger partial charge in [-0.2, -0.15) is 0 Å². The molecule has 1 rings (SSSR count). The first kappa shape index (κ1) is 26.0. The van der Waals surface area contributed by atoms with Crippen LogP contribution in [0.4, 0.5) is 9.59 Å². The number of carbonyl (C=O) groups is 3. The summed E-state index contributed by atoms with van der Waals surface area (Å²) < 4.78 is 10.9. The first-order valence-electron chi connectivity index (χ1n) is 11.0. The number of hydrogen-bond donors (Lipinski definition) is 2. The van der Waals surface area contributed by atoms with Crippen LogP contribution in [-0.4, -0.2) is 53.3 Å². The summed E-state index contributed by atoms with van der Waals surface area (Å²) >= 11 is 0. The molecular formula is C22H41N3O5. The van der Waals surface area contributed by atoms with E-state index in [0.29, 0.717) is 25.9 Å². The SMILES string of the molecule is CCCC(CCN1CCCC[C@](OC(N)=O)(C(C)(C)C)C1=O)NC(=O)OC(C)(C)C. The zero-order valence-corrected chi connectivity index (χ0v) is 19.8. The third-order valence-electron chi connectivity index (χ3n) is 5.43. The van der Waals surface area contributed by atoms with Crippen LogP contribution in [0.1, 0.15) is 87.0 Å². The first-order valence-corrected chi connectivity index (χ1v) is 11.0. The fourth-order valence-electron chi connectivity index (χ4n) is 3.89. The molecule has 0 aromatic carbocycles. The van der Waals surface area contributed by atoms with Gasteiger partial charge < -0.3 is 25.4 Å². The summed E-state index contributed by atoms with van der Waals surface area (Å²) in [4.78, 5) is 39.1. The molecule has 0 aliphatic carbocycles. The number of rotatable bonds is 7. The molecule has 3 N–H and O–H groups in total. The number of nitrogens with two attached hydrogens (primary N) is 1. The quantitative estimate of drug-likeness (QED) is 0.639. The maximum Gasteiger partial charge on any atom is 0.407 e. The highest BCUT2D eigenvalue weighted by molar-refractivity contribution is 5.88. The molecule has 1 aliphatic rings. The number of likely N-dealkylation sites (tertiary alicyclic amines) is 1. The lowest BCUT2D eigenvalue weighted by atomic mass is 9.73. The van der Waals surface area contributed by atoms with Gasteiger partial charge in [0.05, 0.1) is 0 Å². The van der Waals surface area contributed by atoms with Gasteiger partial charge in [-0.25, -0.2) is 9.59 Å². The monoisotopic (exact) mass is 427 g/mol. The molecule has 1 aliphatic heterocycles. The van der Waals surface area contributed by atoms with Crippen LogP contribution in [-0.2, 0) is 14.3 Å². The number of amides is 3. The van der Waals surface area contributed by atoms with Crippen LogP contribution < -0.4 is 11.1 Å². The van der Waals surface area contributed by atoms with Crippen LogP contribution in [0.15, 0.2) is 0 Å². The normalized spacial score (nSPS) is 21.6. The smallest absolute Gasteiger partial charge is 0.407 e. The van der Waals surface area contributed by atoms with E-state index in [-0.39, 0.29) is 11.9 Å². The Labute approximate surface area is 181 Å². The highest BCUT2D eigenvalue weighted by Crippen LogP contribution is 2.41. The van der Waals surface area contributed by atoms with Crippen molar-refractivity contribution < 1.29 is 23.9 Å². The Bertz CT molecular complexity index is 609. The van der Waals surface area contributed by atoms with Crippen molar-refractivity contribution >= 4 is 18.1 Å². The van der Waals surface area contributed by atoms with Gasteiger partial charge in [0.15, 0.2) is 5.60 Å². The molecule has 0 bridgehead atoms. The summed E-state index contributed by atoms with van der Waals surface area (Å²) in [5.41, 5.74) is 2.89. The van der Waals surface area contributed by atoms with Crippen LogP contribution in [0.25, 0.3) is 0 Å². The molecule has 1 heterocycles. The van der Waals surface area contributed by atoms with Crippen molar-refractivity contribution in [1.82, 2.24) is 10.2 Å². The summed E-state index contributed by atoms with van der Waals surface area (Å²) in [6.45, 7) is 14.2. The Kier molecular flexibility index (Phi) is 8.99. The molecule has 0 aromatic rings. The Morgan fingerprint density at radius 1 is 1.17 bits per heavy atom. The fraction of sp³-hybridized carbons (Fsp3) is 0.864. The third-order valence-corrected chi connectivity index (χ3v) is 5.43. The number of nitrogens with zero attached hydrogens (tertiary/aromatic N) is 1. The lowest BCUT2D eigenvalue weighted by Gasteiger charge is -2.43. The molecule has 0 radical (unpaired) electrons. The second-order valence-corrected chi connectivity index (χ2v) is 10.2. The largest absolute Gasteiger partial charge is 0.444 e. The van der Waals surface area contributed by atoms with Gasteiger partial charge in [0, 0.05) is 24.5 Å². The minimum Gasteiger partial charge on any atom is -0.444 e. The van der Waals surface area contributed by atoms with Gasteiger partial charge in [-0.05, 0) is 52.9 Å². The number of nitrogens with one attached hydrogen (secondary N) is 1. The van der Waals surface area contributed by atoms with Crippen molar-refractivity contribution in [2.75, 3.05) is 13.1 Å². The average molecular weight is 428 g/mol. The predicted octanol–water partition coefficient (Wildman–Crippen LogP) is 3.96. The van der Waals surface area contributed by atoms with Gasteiger partial charge in [-0.1, -0.05) is 34.1 Å². The number of ether oxygens (including phenoxy) is 2.